The monoisotopic (exact) mass is 295 g/mol. The minimum atomic E-state index is -0.365. The van der Waals surface area contributed by atoms with E-state index in [9.17, 15) is 0 Å². The van der Waals surface area contributed by atoms with E-state index in [-0.39, 0.29) is 16.6 Å². The van der Waals surface area contributed by atoms with Crippen LogP contribution in [0.25, 0.3) is 0 Å². The largest absolute Gasteiger partial charge is 0.500 e. The highest BCUT2D eigenvalue weighted by Crippen LogP contribution is 2.52. The van der Waals surface area contributed by atoms with E-state index in [1.807, 2.05) is 0 Å². The second-order valence-electron chi connectivity index (χ2n) is 4.52. The molecule has 0 amide bonds. The van der Waals surface area contributed by atoms with Crippen molar-refractivity contribution in [3.8, 4) is 0 Å². The molecule has 113 valence electrons. The van der Waals surface area contributed by atoms with Crippen molar-refractivity contribution in [3.63, 3.8) is 0 Å². The topological polar surface area (TPSA) is 15.7 Å². The van der Waals surface area contributed by atoms with Crippen LogP contribution in [-0.2, 0) is 4.74 Å². The lowest BCUT2D eigenvalue weighted by Gasteiger charge is -2.42. The first kappa shape index (κ1) is 19.7. The summed E-state index contributed by atoms with van der Waals surface area (Å²) in [5, 5.41) is 0. The van der Waals surface area contributed by atoms with Crippen LogP contribution in [0.4, 0.5) is 0 Å². The molecule has 1 unspecified atom stereocenters. The van der Waals surface area contributed by atoms with Gasteiger partial charge in [0.05, 0.1) is 21.0 Å². The van der Waals surface area contributed by atoms with E-state index in [4.69, 9.17) is 4.74 Å². The molecule has 1 aliphatic rings. The van der Waals surface area contributed by atoms with Gasteiger partial charge < -0.3 is 4.74 Å². The Morgan fingerprint density at radius 2 is 1.60 bits per heavy atom. The van der Waals surface area contributed by atoms with E-state index in [1.54, 1.807) is 7.11 Å². The lowest BCUT2D eigenvalue weighted by atomic mass is 10.2. The molecule has 0 bridgehead atoms. The molecule has 3 nitrogen and oxygen atoms in total. The Morgan fingerprint density at radius 3 is 2.00 bits per heavy atom. The van der Waals surface area contributed by atoms with E-state index >= 15 is 0 Å². The number of hydrogen-bond acceptors (Lipinski definition) is 3. The molecule has 0 saturated carbocycles. The zero-order valence-corrected chi connectivity index (χ0v) is 14.6. The maximum atomic E-state index is 5.64. The summed E-state index contributed by atoms with van der Waals surface area (Å²) in [6.45, 7) is 13.4. The lowest BCUT2D eigenvalue weighted by Crippen LogP contribution is -2.34. The van der Waals surface area contributed by atoms with Gasteiger partial charge in [0, 0.05) is 34.6 Å². The molecule has 0 heterocycles. The summed E-state index contributed by atoms with van der Waals surface area (Å²) in [5.74, 6) is 1.15. The molecule has 5 heteroatoms. The molecule has 0 aromatic rings. The molecule has 0 aromatic carbocycles. The Kier molecular flexibility index (Phi) is 10.3. The van der Waals surface area contributed by atoms with Gasteiger partial charge in [-0.15, -0.1) is 0 Å². The molecule has 20 heavy (non-hydrogen) atoms. The van der Waals surface area contributed by atoms with Crippen molar-refractivity contribution in [1.82, 2.24) is 9.34 Å². The van der Waals surface area contributed by atoms with Crippen molar-refractivity contribution in [2.75, 3.05) is 33.3 Å². The standard InChI is InChI=1S/C15H29N2OP.B/c1-6-16(7-2)19(17(8-3)9-4)15-13-11-10-12-14(15)18-5;/h11-13,15H,6-10H2,1-5H3;. The van der Waals surface area contributed by atoms with Gasteiger partial charge in [-0.2, -0.15) is 0 Å². The fourth-order valence-electron chi connectivity index (χ4n) is 2.56. The second kappa shape index (κ2) is 10.4. The molecule has 1 atom stereocenters. The van der Waals surface area contributed by atoms with Crippen molar-refractivity contribution in [2.24, 2.45) is 0 Å². The minimum absolute atomic E-state index is 0. The van der Waals surface area contributed by atoms with Crippen LogP contribution in [0.15, 0.2) is 24.0 Å². The first-order valence-corrected chi connectivity index (χ1v) is 8.74. The van der Waals surface area contributed by atoms with E-state index in [0.29, 0.717) is 5.66 Å². The first-order chi connectivity index (χ1) is 9.23. The number of ether oxygens (including phenoxy) is 1. The Labute approximate surface area is 128 Å². The normalized spacial score (nSPS) is 18.4. The molecular formula is C15H29BN2OP. The molecule has 0 aromatic heterocycles. The molecule has 0 N–H and O–H groups in total. The summed E-state index contributed by atoms with van der Waals surface area (Å²) in [4.78, 5) is 0. The van der Waals surface area contributed by atoms with Gasteiger partial charge in [0.2, 0.25) is 0 Å². The zero-order chi connectivity index (χ0) is 14.3. The third-order valence-corrected chi connectivity index (χ3v) is 6.80. The molecule has 1 rings (SSSR count). The van der Waals surface area contributed by atoms with Gasteiger partial charge in [-0.1, -0.05) is 39.8 Å². The van der Waals surface area contributed by atoms with Crippen LogP contribution in [0.1, 0.15) is 34.1 Å². The first-order valence-electron chi connectivity index (χ1n) is 7.42. The molecule has 0 spiro atoms. The van der Waals surface area contributed by atoms with Crippen molar-refractivity contribution in [1.29, 1.82) is 0 Å². The molecule has 0 saturated heterocycles. The Morgan fingerprint density at radius 1 is 1.10 bits per heavy atom. The maximum absolute atomic E-state index is 5.64. The number of allylic oxidation sites excluding steroid dienone is 3. The molecule has 3 radical (unpaired) electrons. The van der Waals surface area contributed by atoms with Crippen LogP contribution >= 0.6 is 8.22 Å². The third-order valence-electron chi connectivity index (χ3n) is 3.59. The van der Waals surface area contributed by atoms with Gasteiger partial charge in [-0.05, 0) is 12.5 Å². The van der Waals surface area contributed by atoms with Crippen LogP contribution in [0.5, 0.6) is 0 Å². The Bertz CT molecular complexity index is 303. The predicted molar refractivity (Wildman–Crippen MR) is 91.2 cm³/mol. The van der Waals surface area contributed by atoms with E-state index in [0.717, 1.165) is 38.4 Å². The van der Waals surface area contributed by atoms with Crippen molar-refractivity contribution >= 4 is 16.6 Å². The average Bonchev–Trinajstić information content (AvgIpc) is 2.47. The van der Waals surface area contributed by atoms with Gasteiger partial charge in [0.15, 0.2) is 0 Å². The highest BCUT2D eigenvalue weighted by Gasteiger charge is 2.32. The van der Waals surface area contributed by atoms with Gasteiger partial charge in [0.25, 0.3) is 0 Å². The van der Waals surface area contributed by atoms with Gasteiger partial charge >= 0.3 is 0 Å². The maximum Gasteiger partial charge on any atom is 0.106 e. The number of nitrogens with zero attached hydrogens (tertiary/aromatic N) is 2. The zero-order valence-electron chi connectivity index (χ0n) is 13.7. The highest BCUT2D eigenvalue weighted by molar-refractivity contribution is 7.54. The SMILES string of the molecule is CCN(CC)P(C1C=CCC=C1OC)N(CC)CC.[B]. The van der Waals surface area contributed by atoms with Crippen molar-refractivity contribution in [3.05, 3.63) is 24.0 Å². The van der Waals surface area contributed by atoms with Crippen LogP contribution in [-0.4, -0.2) is 56.7 Å². The molecular weight excluding hydrogens is 266 g/mol. The minimum Gasteiger partial charge on any atom is -0.500 e. The average molecular weight is 295 g/mol. The van der Waals surface area contributed by atoms with Crippen molar-refractivity contribution in [2.45, 2.75) is 39.8 Å². The number of hydrogen-bond donors (Lipinski definition) is 0. The van der Waals surface area contributed by atoms with Crippen LogP contribution in [0, 0.1) is 0 Å². The Hall–Kier alpha value is -0.305. The summed E-state index contributed by atoms with van der Waals surface area (Å²) in [5.41, 5.74) is 0.411. The van der Waals surface area contributed by atoms with Gasteiger partial charge in [-0.3, -0.25) is 9.34 Å². The van der Waals surface area contributed by atoms with E-state index in [2.05, 4.69) is 55.3 Å². The fourth-order valence-corrected chi connectivity index (χ4v) is 5.49. The molecule has 0 aliphatic heterocycles. The van der Waals surface area contributed by atoms with E-state index < -0.39 is 0 Å². The molecule has 1 aliphatic carbocycles. The third kappa shape index (κ3) is 4.61. The predicted octanol–water partition coefficient (Wildman–Crippen LogP) is 3.46. The lowest BCUT2D eigenvalue weighted by molar-refractivity contribution is 0.279. The fraction of sp³-hybridized carbons (Fsp3) is 0.733. The number of methoxy groups -OCH3 is 1. The van der Waals surface area contributed by atoms with E-state index in [1.165, 1.54) is 0 Å². The summed E-state index contributed by atoms with van der Waals surface area (Å²) >= 11 is 0. The van der Waals surface area contributed by atoms with Crippen molar-refractivity contribution < 1.29 is 4.74 Å². The van der Waals surface area contributed by atoms with Crippen LogP contribution < -0.4 is 0 Å². The Balaban J connectivity index is 0.00000361. The molecule has 0 fully saturated rings. The van der Waals surface area contributed by atoms with Crippen LogP contribution in [0.3, 0.4) is 0 Å². The van der Waals surface area contributed by atoms with Gasteiger partial charge in [-0.25, -0.2) is 0 Å². The highest BCUT2D eigenvalue weighted by atomic mass is 31.1. The summed E-state index contributed by atoms with van der Waals surface area (Å²) < 4.78 is 10.8. The summed E-state index contributed by atoms with van der Waals surface area (Å²) in [6.07, 6.45) is 7.85. The smallest absolute Gasteiger partial charge is 0.106 e. The number of rotatable bonds is 8. The summed E-state index contributed by atoms with van der Waals surface area (Å²) in [6, 6.07) is 0. The quantitative estimate of drug-likeness (QED) is 0.387. The second-order valence-corrected chi connectivity index (χ2v) is 6.85. The summed E-state index contributed by atoms with van der Waals surface area (Å²) in [7, 11) is 1.44. The van der Waals surface area contributed by atoms with Crippen LogP contribution in [0.2, 0.25) is 0 Å². The van der Waals surface area contributed by atoms with Gasteiger partial charge in [0.1, 0.15) is 5.76 Å².